The summed E-state index contributed by atoms with van der Waals surface area (Å²) in [7, 11) is 1.66. The second-order valence-corrected chi connectivity index (χ2v) is 7.16. The molecule has 1 heterocycles. The Morgan fingerprint density at radius 1 is 1.08 bits per heavy atom. The van der Waals surface area contributed by atoms with Gasteiger partial charge in [0.15, 0.2) is 0 Å². The minimum Gasteiger partial charge on any atom is -0.497 e. The molecule has 0 bridgehead atoms. The lowest BCUT2D eigenvalue weighted by molar-refractivity contribution is 0.414. The zero-order valence-electron chi connectivity index (χ0n) is 15.2. The number of ether oxygens (including phenoxy) is 1. The lowest BCUT2D eigenvalue weighted by atomic mass is 10.1. The Bertz CT molecular complexity index is 883. The molecular formula is C21H24N2O2S. The van der Waals surface area contributed by atoms with Crippen molar-refractivity contribution in [2.45, 2.75) is 32.9 Å². The van der Waals surface area contributed by atoms with Gasteiger partial charge in [-0.05, 0) is 29.7 Å². The zero-order chi connectivity index (χ0) is 18.4. The number of nitrogens with zero attached hydrogens (tertiary/aromatic N) is 1. The van der Waals surface area contributed by atoms with Crippen LogP contribution in [0.25, 0.3) is 10.4 Å². The second kappa shape index (κ2) is 8.72. The van der Waals surface area contributed by atoms with Crippen molar-refractivity contribution in [3.63, 3.8) is 0 Å². The monoisotopic (exact) mass is 368 g/mol. The van der Waals surface area contributed by atoms with Gasteiger partial charge in [0, 0.05) is 13.1 Å². The van der Waals surface area contributed by atoms with Gasteiger partial charge >= 0.3 is 0 Å². The fraction of sp³-hybridized carbons (Fsp3) is 0.286. The molecule has 0 aliphatic heterocycles. The largest absolute Gasteiger partial charge is 0.497 e. The summed E-state index contributed by atoms with van der Waals surface area (Å²) in [5.41, 5.74) is 2.93. The van der Waals surface area contributed by atoms with Crippen molar-refractivity contribution in [3.05, 3.63) is 70.5 Å². The summed E-state index contributed by atoms with van der Waals surface area (Å²) in [5, 5.41) is 3.37. The van der Waals surface area contributed by atoms with Gasteiger partial charge in [-0.25, -0.2) is 0 Å². The number of rotatable bonds is 8. The van der Waals surface area contributed by atoms with Gasteiger partial charge in [-0.15, -0.1) is 0 Å². The minimum atomic E-state index is 0.0656. The Morgan fingerprint density at radius 2 is 1.81 bits per heavy atom. The molecule has 3 aromatic rings. The second-order valence-electron chi connectivity index (χ2n) is 6.12. The van der Waals surface area contributed by atoms with Crippen molar-refractivity contribution >= 4 is 17.2 Å². The molecule has 0 aliphatic carbocycles. The Kier molecular flexibility index (Phi) is 6.12. The van der Waals surface area contributed by atoms with Crippen LogP contribution in [-0.4, -0.2) is 11.1 Å². The van der Waals surface area contributed by atoms with E-state index in [1.54, 1.807) is 18.6 Å². The molecular weight excluding hydrogens is 344 g/mol. The lowest BCUT2D eigenvalue weighted by Gasteiger charge is -2.07. The maximum atomic E-state index is 12.9. The van der Waals surface area contributed by atoms with E-state index in [9.17, 15) is 4.79 Å². The van der Waals surface area contributed by atoms with Gasteiger partial charge in [0.05, 0.1) is 12.0 Å². The van der Waals surface area contributed by atoms with Gasteiger partial charge in [-0.1, -0.05) is 67.3 Å². The number of nitrogens with one attached hydrogen (secondary N) is 1. The number of aromatic nitrogens is 1. The summed E-state index contributed by atoms with van der Waals surface area (Å²) < 4.78 is 7.06. The average molecular weight is 369 g/mol. The number of hydrogen-bond acceptors (Lipinski definition) is 4. The standard InChI is InChI=1S/C21H24N2O2S/c1-3-4-14-23-21(24)19(20(26-23)17-8-6-5-7-9-17)22-15-16-10-12-18(25-2)13-11-16/h5-13,22H,3-4,14-15H2,1-2H3. The summed E-state index contributed by atoms with van der Waals surface area (Å²) in [6.45, 7) is 3.51. The molecule has 0 saturated heterocycles. The summed E-state index contributed by atoms with van der Waals surface area (Å²) in [4.78, 5) is 13.9. The van der Waals surface area contributed by atoms with Crippen molar-refractivity contribution in [2.75, 3.05) is 12.4 Å². The molecule has 1 N–H and O–H groups in total. The van der Waals surface area contributed by atoms with Crippen LogP contribution >= 0.6 is 11.5 Å². The van der Waals surface area contributed by atoms with E-state index in [1.165, 1.54) is 0 Å². The fourth-order valence-electron chi connectivity index (χ4n) is 2.74. The molecule has 2 aromatic carbocycles. The van der Waals surface area contributed by atoms with Gasteiger partial charge in [-0.2, -0.15) is 0 Å². The third kappa shape index (κ3) is 4.17. The Balaban J connectivity index is 1.88. The first kappa shape index (κ1) is 18.3. The van der Waals surface area contributed by atoms with Crippen LogP contribution in [0.5, 0.6) is 5.75 Å². The highest BCUT2D eigenvalue weighted by Gasteiger charge is 2.16. The van der Waals surface area contributed by atoms with Crippen LogP contribution < -0.4 is 15.6 Å². The Hall–Kier alpha value is -2.53. The quantitative estimate of drug-likeness (QED) is 0.609. The molecule has 0 saturated carbocycles. The fourth-order valence-corrected chi connectivity index (χ4v) is 3.85. The van der Waals surface area contributed by atoms with Crippen LogP contribution in [0.15, 0.2) is 59.4 Å². The number of methoxy groups -OCH3 is 1. The topological polar surface area (TPSA) is 43.3 Å². The molecule has 0 aliphatic rings. The molecule has 1 aromatic heterocycles. The third-order valence-corrected chi connectivity index (χ3v) is 5.44. The van der Waals surface area contributed by atoms with Gasteiger partial charge in [0.2, 0.25) is 0 Å². The van der Waals surface area contributed by atoms with E-state index < -0.39 is 0 Å². The van der Waals surface area contributed by atoms with E-state index in [4.69, 9.17) is 4.74 Å². The van der Waals surface area contributed by atoms with Crippen LogP contribution in [0.3, 0.4) is 0 Å². The minimum absolute atomic E-state index is 0.0656. The first-order valence-electron chi connectivity index (χ1n) is 8.89. The summed E-state index contributed by atoms with van der Waals surface area (Å²) >= 11 is 1.54. The molecule has 136 valence electrons. The van der Waals surface area contributed by atoms with Crippen LogP contribution in [0.1, 0.15) is 25.3 Å². The predicted molar refractivity (Wildman–Crippen MR) is 109 cm³/mol. The molecule has 4 nitrogen and oxygen atoms in total. The van der Waals surface area contributed by atoms with E-state index >= 15 is 0 Å². The summed E-state index contributed by atoms with van der Waals surface area (Å²) in [6, 6.07) is 18.0. The summed E-state index contributed by atoms with van der Waals surface area (Å²) in [5.74, 6) is 0.830. The van der Waals surface area contributed by atoms with Crippen LogP contribution in [-0.2, 0) is 13.1 Å². The Morgan fingerprint density at radius 3 is 2.46 bits per heavy atom. The van der Waals surface area contributed by atoms with Gasteiger partial charge in [0.1, 0.15) is 11.4 Å². The number of unbranched alkanes of at least 4 members (excludes halogenated alkanes) is 1. The van der Waals surface area contributed by atoms with Crippen molar-refractivity contribution in [1.29, 1.82) is 0 Å². The molecule has 0 spiro atoms. The van der Waals surface area contributed by atoms with Gasteiger partial charge < -0.3 is 10.1 Å². The molecule has 26 heavy (non-hydrogen) atoms. The van der Waals surface area contributed by atoms with E-state index in [0.29, 0.717) is 12.2 Å². The van der Waals surface area contributed by atoms with Crippen molar-refractivity contribution in [2.24, 2.45) is 0 Å². The van der Waals surface area contributed by atoms with Crippen molar-refractivity contribution < 1.29 is 4.74 Å². The highest BCUT2D eigenvalue weighted by molar-refractivity contribution is 7.10. The smallest absolute Gasteiger partial charge is 0.284 e. The van der Waals surface area contributed by atoms with E-state index in [2.05, 4.69) is 12.2 Å². The van der Waals surface area contributed by atoms with Crippen LogP contribution in [0.2, 0.25) is 0 Å². The molecule has 5 heteroatoms. The molecule has 0 radical (unpaired) electrons. The summed E-state index contributed by atoms with van der Waals surface area (Å²) in [6.07, 6.45) is 2.08. The van der Waals surface area contributed by atoms with E-state index in [-0.39, 0.29) is 5.56 Å². The molecule has 0 fully saturated rings. The predicted octanol–water partition coefficient (Wildman–Crippen LogP) is 5.00. The highest BCUT2D eigenvalue weighted by atomic mass is 32.1. The lowest BCUT2D eigenvalue weighted by Crippen LogP contribution is -2.17. The number of benzene rings is 2. The maximum absolute atomic E-state index is 12.9. The molecule has 0 unspecified atom stereocenters. The van der Waals surface area contributed by atoms with Crippen LogP contribution in [0.4, 0.5) is 5.69 Å². The van der Waals surface area contributed by atoms with Gasteiger partial charge in [-0.3, -0.25) is 8.75 Å². The SMILES string of the molecule is CCCCn1sc(-c2ccccc2)c(NCc2ccc(OC)cc2)c1=O. The number of anilines is 1. The van der Waals surface area contributed by atoms with Gasteiger partial charge in [0.25, 0.3) is 5.56 Å². The molecule has 0 atom stereocenters. The van der Waals surface area contributed by atoms with Crippen molar-refractivity contribution in [1.82, 2.24) is 3.96 Å². The molecule has 3 rings (SSSR count). The number of hydrogen-bond donors (Lipinski definition) is 1. The van der Waals surface area contributed by atoms with E-state index in [0.717, 1.165) is 41.1 Å². The van der Waals surface area contributed by atoms with Crippen LogP contribution in [0, 0.1) is 0 Å². The first-order chi connectivity index (χ1) is 12.7. The highest BCUT2D eigenvalue weighted by Crippen LogP contribution is 2.31. The Labute approximate surface area is 158 Å². The maximum Gasteiger partial charge on any atom is 0.284 e. The number of aryl methyl sites for hydroxylation is 1. The molecule has 0 amide bonds. The normalized spacial score (nSPS) is 10.7. The van der Waals surface area contributed by atoms with Crippen molar-refractivity contribution in [3.8, 4) is 16.2 Å². The average Bonchev–Trinajstić information content (AvgIpc) is 3.01. The van der Waals surface area contributed by atoms with E-state index in [1.807, 2.05) is 58.6 Å². The third-order valence-electron chi connectivity index (χ3n) is 4.25. The zero-order valence-corrected chi connectivity index (χ0v) is 16.0. The first-order valence-corrected chi connectivity index (χ1v) is 9.66.